The Balaban J connectivity index is 2.57. The van der Waals surface area contributed by atoms with Crippen LogP contribution < -0.4 is 4.74 Å². The molecule has 3 heteroatoms. The fourth-order valence-electron chi connectivity index (χ4n) is 1.82. The topological polar surface area (TPSA) is 9.23 Å². The Labute approximate surface area is 115 Å². The van der Waals surface area contributed by atoms with Crippen molar-refractivity contribution in [2.75, 3.05) is 7.11 Å². The van der Waals surface area contributed by atoms with Gasteiger partial charge >= 0.3 is 0 Å². The quantitative estimate of drug-likeness (QED) is 0.751. The lowest BCUT2D eigenvalue weighted by atomic mass is 10.0. The first-order valence-corrected chi connectivity index (χ1v) is 6.39. The summed E-state index contributed by atoms with van der Waals surface area (Å²) in [5.74, 6) is 0.818. The summed E-state index contributed by atoms with van der Waals surface area (Å²) in [5, 5.41) is 0.766. The van der Waals surface area contributed by atoms with E-state index in [1.165, 1.54) is 0 Å². The third-order valence-electron chi connectivity index (χ3n) is 2.66. The highest BCUT2D eigenvalue weighted by Gasteiger charge is 2.08. The number of aryl methyl sites for hydroxylation is 1. The van der Waals surface area contributed by atoms with Crippen LogP contribution in [0.15, 0.2) is 40.9 Å². The van der Waals surface area contributed by atoms with Gasteiger partial charge in [0.2, 0.25) is 0 Å². The Morgan fingerprint density at radius 1 is 1.18 bits per heavy atom. The zero-order valence-electron chi connectivity index (χ0n) is 9.63. The highest BCUT2D eigenvalue weighted by atomic mass is 79.9. The van der Waals surface area contributed by atoms with Gasteiger partial charge in [0.15, 0.2) is 0 Å². The Kier molecular flexibility index (Phi) is 3.75. The number of rotatable bonds is 2. The summed E-state index contributed by atoms with van der Waals surface area (Å²) in [6, 6.07) is 11.9. The maximum atomic E-state index is 6.24. The molecular formula is C14H12BrClO. The summed E-state index contributed by atoms with van der Waals surface area (Å²) in [5.41, 5.74) is 3.31. The molecule has 0 unspecified atom stereocenters. The van der Waals surface area contributed by atoms with Crippen LogP contribution in [0.4, 0.5) is 0 Å². The minimum atomic E-state index is 0.766. The molecule has 0 N–H and O–H groups in total. The van der Waals surface area contributed by atoms with Gasteiger partial charge in [-0.25, -0.2) is 0 Å². The van der Waals surface area contributed by atoms with E-state index in [1.54, 1.807) is 7.11 Å². The molecule has 0 saturated heterocycles. The van der Waals surface area contributed by atoms with Crippen LogP contribution in [0.5, 0.6) is 5.75 Å². The van der Waals surface area contributed by atoms with Crippen molar-refractivity contribution in [1.82, 2.24) is 0 Å². The summed E-state index contributed by atoms with van der Waals surface area (Å²) in [7, 11) is 1.65. The smallest absolute Gasteiger partial charge is 0.133 e. The lowest BCUT2D eigenvalue weighted by molar-refractivity contribution is 0.412. The molecule has 2 rings (SSSR count). The second-order valence-electron chi connectivity index (χ2n) is 3.78. The minimum Gasteiger partial charge on any atom is -0.496 e. The second-order valence-corrected chi connectivity index (χ2v) is 5.04. The van der Waals surface area contributed by atoms with Crippen LogP contribution in [0.3, 0.4) is 0 Å². The SMILES string of the molecule is COc1ccc(-c2c(C)cccc2Cl)cc1Br. The van der Waals surface area contributed by atoms with Crippen molar-refractivity contribution in [2.24, 2.45) is 0 Å². The zero-order valence-corrected chi connectivity index (χ0v) is 12.0. The van der Waals surface area contributed by atoms with E-state index in [4.69, 9.17) is 16.3 Å². The summed E-state index contributed by atoms with van der Waals surface area (Å²) >= 11 is 9.73. The van der Waals surface area contributed by atoms with Gasteiger partial charge in [-0.2, -0.15) is 0 Å². The normalized spacial score (nSPS) is 10.4. The molecule has 88 valence electrons. The highest BCUT2D eigenvalue weighted by molar-refractivity contribution is 9.10. The molecule has 0 radical (unpaired) electrons. The van der Waals surface area contributed by atoms with Crippen LogP contribution in [0.1, 0.15) is 5.56 Å². The van der Waals surface area contributed by atoms with Crippen molar-refractivity contribution >= 4 is 27.5 Å². The van der Waals surface area contributed by atoms with Gasteiger partial charge in [0.25, 0.3) is 0 Å². The molecule has 0 aromatic heterocycles. The first-order chi connectivity index (χ1) is 8.13. The molecule has 0 spiro atoms. The van der Waals surface area contributed by atoms with Gasteiger partial charge in [0.05, 0.1) is 11.6 Å². The Bertz CT molecular complexity index is 532. The summed E-state index contributed by atoms with van der Waals surface area (Å²) in [6.45, 7) is 2.05. The van der Waals surface area contributed by atoms with E-state index < -0.39 is 0 Å². The van der Waals surface area contributed by atoms with Gasteiger partial charge in [-0.1, -0.05) is 29.8 Å². The van der Waals surface area contributed by atoms with Crippen LogP contribution in [-0.2, 0) is 0 Å². The number of benzene rings is 2. The Morgan fingerprint density at radius 3 is 2.53 bits per heavy atom. The van der Waals surface area contributed by atoms with Crippen LogP contribution in [0, 0.1) is 6.92 Å². The molecule has 17 heavy (non-hydrogen) atoms. The predicted molar refractivity (Wildman–Crippen MR) is 75.9 cm³/mol. The van der Waals surface area contributed by atoms with E-state index in [1.807, 2.05) is 30.3 Å². The average Bonchev–Trinajstić information content (AvgIpc) is 2.29. The fraction of sp³-hybridized carbons (Fsp3) is 0.143. The number of methoxy groups -OCH3 is 1. The largest absolute Gasteiger partial charge is 0.496 e. The molecule has 0 fully saturated rings. The number of ether oxygens (including phenoxy) is 1. The lowest BCUT2D eigenvalue weighted by Crippen LogP contribution is -1.88. The van der Waals surface area contributed by atoms with Crippen molar-refractivity contribution in [3.63, 3.8) is 0 Å². The molecule has 2 aromatic rings. The maximum Gasteiger partial charge on any atom is 0.133 e. The van der Waals surface area contributed by atoms with Gasteiger partial charge < -0.3 is 4.74 Å². The fourth-order valence-corrected chi connectivity index (χ4v) is 2.69. The molecular weight excluding hydrogens is 300 g/mol. The van der Waals surface area contributed by atoms with Gasteiger partial charge in [-0.15, -0.1) is 0 Å². The first kappa shape index (κ1) is 12.5. The van der Waals surface area contributed by atoms with E-state index in [0.717, 1.165) is 31.9 Å². The van der Waals surface area contributed by atoms with Crippen molar-refractivity contribution in [1.29, 1.82) is 0 Å². The van der Waals surface area contributed by atoms with E-state index in [9.17, 15) is 0 Å². The zero-order chi connectivity index (χ0) is 12.4. The second kappa shape index (κ2) is 5.11. The standard InChI is InChI=1S/C14H12BrClO/c1-9-4-3-5-12(16)14(9)10-6-7-13(17-2)11(15)8-10/h3-8H,1-2H3. The lowest BCUT2D eigenvalue weighted by Gasteiger charge is -2.10. The molecule has 2 aromatic carbocycles. The average molecular weight is 312 g/mol. The molecule has 1 nitrogen and oxygen atoms in total. The summed E-state index contributed by atoms with van der Waals surface area (Å²) in [6.07, 6.45) is 0. The predicted octanol–water partition coefficient (Wildman–Crippen LogP) is 5.09. The van der Waals surface area contributed by atoms with E-state index in [0.29, 0.717) is 0 Å². The van der Waals surface area contributed by atoms with Crippen LogP contribution in [0.25, 0.3) is 11.1 Å². The molecule has 0 aliphatic heterocycles. The summed E-state index contributed by atoms with van der Waals surface area (Å²) < 4.78 is 6.14. The maximum absolute atomic E-state index is 6.24. The van der Waals surface area contributed by atoms with Gasteiger partial charge in [0.1, 0.15) is 5.75 Å². The van der Waals surface area contributed by atoms with Crippen molar-refractivity contribution in [3.8, 4) is 16.9 Å². The molecule has 0 aliphatic carbocycles. The van der Waals surface area contributed by atoms with E-state index >= 15 is 0 Å². The molecule has 0 amide bonds. The van der Waals surface area contributed by atoms with Crippen molar-refractivity contribution < 1.29 is 4.74 Å². The van der Waals surface area contributed by atoms with Crippen LogP contribution >= 0.6 is 27.5 Å². The highest BCUT2D eigenvalue weighted by Crippen LogP contribution is 2.35. The number of hydrogen-bond donors (Lipinski definition) is 0. The van der Waals surface area contributed by atoms with Gasteiger partial charge in [0, 0.05) is 10.6 Å². The molecule has 0 atom stereocenters. The first-order valence-electron chi connectivity index (χ1n) is 5.22. The Hall–Kier alpha value is -0.990. The Morgan fingerprint density at radius 2 is 1.94 bits per heavy atom. The molecule has 0 bridgehead atoms. The molecule has 0 heterocycles. The van der Waals surface area contributed by atoms with Gasteiger partial charge in [-0.3, -0.25) is 0 Å². The molecule has 0 saturated carbocycles. The third kappa shape index (κ3) is 2.48. The molecule has 0 aliphatic rings. The van der Waals surface area contributed by atoms with E-state index in [-0.39, 0.29) is 0 Å². The minimum absolute atomic E-state index is 0.766. The van der Waals surface area contributed by atoms with Crippen LogP contribution in [-0.4, -0.2) is 7.11 Å². The van der Waals surface area contributed by atoms with Crippen molar-refractivity contribution in [2.45, 2.75) is 6.92 Å². The third-order valence-corrected chi connectivity index (χ3v) is 3.60. The van der Waals surface area contributed by atoms with E-state index in [2.05, 4.69) is 28.9 Å². The van der Waals surface area contributed by atoms with Crippen molar-refractivity contribution in [3.05, 3.63) is 51.5 Å². The monoisotopic (exact) mass is 310 g/mol. The van der Waals surface area contributed by atoms with Gasteiger partial charge in [-0.05, 0) is 52.2 Å². The number of halogens is 2. The summed E-state index contributed by atoms with van der Waals surface area (Å²) in [4.78, 5) is 0. The van der Waals surface area contributed by atoms with Crippen LogP contribution in [0.2, 0.25) is 5.02 Å². The number of hydrogen-bond acceptors (Lipinski definition) is 1.